The van der Waals surface area contributed by atoms with Gasteiger partial charge in [0.1, 0.15) is 11.5 Å². The Hall–Kier alpha value is -1.94. The van der Waals surface area contributed by atoms with E-state index in [4.69, 9.17) is 4.74 Å². The van der Waals surface area contributed by atoms with Crippen molar-refractivity contribution in [3.05, 3.63) is 53.8 Å². The van der Waals surface area contributed by atoms with Crippen LogP contribution in [-0.4, -0.2) is 0 Å². The molecule has 0 aliphatic heterocycles. The third-order valence-electron chi connectivity index (χ3n) is 2.82. The van der Waals surface area contributed by atoms with Crippen molar-refractivity contribution in [2.24, 2.45) is 0 Å². The van der Waals surface area contributed by atoms with E-state index in [1.54, 1.807) is 0 Å². The van der Waals surface area contributed by atoms with Crippen LogP contribution in [0.4, 0.5) is 0 Å². The fraction of sp³-hybridized carbons (Fsp3) is 0.400. The van der Waals surface area contributed by atoms with Crippen molar-refractivity contribution in [2.45, 2.75) is 53.9 Å². The SMILES string of the molecule is C/C=C\C(=C/C)Oc1ccc(C(C)(C)C)cc1.CC#CC. The zero-order valence-corrected chi connectivity index (χ0v) is 14.4. The number of rotatable bonds is 3. The standard InChI is InChI=1S/C16H22O.C4H6/c1-6-8-14(7-2)17-15-11-9-13(10-12-15)16(3,4)5;1-3-4-2/h6-12H,1-5H3;1-2H3/b8-6-,14-7+;. The van der Waals surface area contributed by atoms with Crippen LogP contribution in [-0.2, 0) is 5.41 Å². The minimum absolute atomic E-state index is 0.186. The number of allylic oxidation sites excluding steroid dienone is 3. The first-order valence-corrected chi connectivity index (χ1v) is 7.29. The van der Waals surface area contributed by atoms with E-state index in [0.29, 0.717) is 0 Å². The molecule has 1 nitrogen and oxygen atoms in total. The lowest BCUT2D eigenvalue weighted by atomic mass is 9.87. The van der Waals surface area contributed by atoms with Crippen LogP contribution in [0.3, 0.4) is 0 Å². The van der Waals surface area contributed by atoms with Gasteiger partial charge in [0.05, 0.1) is 0 Å². The van der Waals surface area contributed by atoms with E-state index in [1.165, 1.54) is 5.56 Å². The summed E-state index contributed by atoms with van der Waals surface area (Å²) in [7, 11) is 0. The van der Waals surface area contributed by atoms with Gasteiger partial charge in [-0.2, -0.15) is 0 Å². The highest BCUT2D eigenvalue weighted by molar-refractivity contribution is 5.33. The number of hydrogen-bond acceptors (Lipinski definition) is 1. The Morgan fingerprint density at radius 1 is 1.00 bits per heavy atom. The average molecular weight is 284 g/mol. The second-order valence-electron chi connectivity index (χ2n) is 5.57. The van der Waals surface area contributed by atoms with Gasteiger partial charge in [0.25, 0.3) is 0 Å². The maximum Gasteiger partial charge on any atom is 0.127 e. The Morgan fingerprint density at radius 3 is 1.86 bits per heavy atom. The van der Waals surface area contributed by atoms with E-state index in [0.717, 1.165) is 11.5 Å². The first-order chi connectivity index (χ1) is 9.88. The fourth-order valence-corrected chi connectivity index (χ4v) is 1.51. The van der Waals surface area contributed by atoms with Crippen LogP contribution < -0.4 is 4.74 Å². The molecule has 1 rings (SSSR count). The Kier molecular flexibility index (Phi) is 8.97. The highest BCUT2D eigenvalue weighted by atomic mass is 16.5. The molecule has 114 valence electrons. The Labute approximate surface area is 130 Å². The molecular weight excluding hydrogens is 256 g/mol. The third-order valence-corrected chi connectivity index (χ3v) is 2.82. The lowest BCUT2D eigenvalue weighted by Crippen LogP contribution is -2.10. The van der Waals surface area contributed by atoms with Crippen LogP contribution in [0.15, 0.2) is 48.3 Å². The second-order valence-corrected chi connectivity index (χ2v) is 5.57. The third kappa shape index (κ3) is 8.05. The smallest absolute Gasteiger partial charge is 0.127 e. The zero-order chi connectivity index (χ0) is 16.3. The predicted molar refractivity (Wildman–Crippen MR) is 93.5 cm³/mol. The molecule has 0 saturated heterocycles. The van der Waals surface area contributed by atoms with Crippen molar-refractivity contribution in [3.8, 4) is 17.6 Å². The summed E-state index contributed by atoms with van der Waals surface area (Å²) in [5.41, 5.74) is 1.50. The quantitative estimate of drug-likeness (QED) is 0.383. The first kappa shape index (κ1) is 19.1. The molecule has 21 heavy (non-hydrogen) atoms. The Bertz CT molecular complexity index is 508. The highest BCUT2D eigenvalue weighted by Gasteiger charge is 2.12. The van der Waals surface area contributed by atoms with Crippen molar-refractivity contribution in [1.29, 1.82) is 0 Å². The number of hydrogen-bond donors (Lipinski definition) is 0. The molecule has 1 heteroatoms. The maximum absolute atomic E-state index is 5.75. The molecule has 0 bridgehead atoms. The van der Waals surface area contributed by atoms with Crippen molar-refractivity contribution in [2.75, 3.05) is 0 Å². The Morgan fingerprint density at radius 2 is 1.52 bits per heavy atom. The summed E-state index contributed by atoms with van der Waals surface area (Å²) in [6.45, 7) is 14.2. The molecule has 0 aliphatic rings. The molecule has 0 aromatic heterocycles. The van der Waals surface area contributed by atoms with E-state index in [9.17, 15) is 0 Å². The lowest BCUT2D eigenvalue weighted by Gasteiger charge is -2.19. The van der Waals surface area contributed by atoms with Gasteiger partial charge in [0.2, 0.25) is 0 Å². The van der Waals surface area contributed by atoms with Crippen LogP contribution in [0, 0.1) is 11.8 Å². The molecule has 0 fully saturated rings. The zero-order valence-electron chi connectivity index (χ0n) is 14.4. The summed E-state index contributed by atoms with van der Waals surface area (Å²) in [6.07, 6.45) is 5.88. The van der Waals surface area contributed by atoms with E-state index >= 15 is 0 Å². The van der Waals surface area contributed by atoms with E-state index in [-0.39, 0.29) is 5.41 Å². The summed E-state index contributed by atoms with van der Waals surface area (Å²) in [6, 6.07) is 8.29. The molecule has 0 heterocycles. The van der Waals surface area contributed by atoms with Gasteiger partial charge in [0, 0.05) is 0 Å². The largest absolute Gasteiger partial charge is 0.458 e. The molecule has 0 atom stereocenters. The van der Waals surface area contributed by atoms with E-state index in [2.05, 4.69) is 44.7 Å². The van der Waals surface area contributed by atoms with Gasteiger partial charge < -0.3 is 4.74 Å². The van der Waals surface area contributed by atoms with Crippen LogP contribution in [0.2, 0.25) is 0 Å². The van der Waals surface area contributed by atoms with Gasteiger partial charge in [-0.1, -0.05) is 39.0 Å². The second kappa shape index (κ2) is 9.88. The van der Waals surface area contributed by atoms with Crippen LogP contribution in [0.1, 0.15) is 54.0 Å². The minimum atomic E-state index is 0.186. The van der Waals surface area contributed by atoms with Crippen LogP contribution in [0.5, 0.6) is 5.75 Å². The molecule has 1 aromatic carbocycles. The summed E-state index contributed by atoms with van der Waals surface area (Å²) in [5.74, 6) is 7.11. The van der Waals surface area contributed by atoms with Gasteiger partial charge in [-0.15, -0.1) is 11.8 Å². The van der Waals surface area contributed by atoms with Crippen LogP contribution in [0.25, 0.3) is 0 Å². The minimum Gasteiger partial charge on any atom is -0.458 e. The molecule has 0 amide bonds. The monoisotopic (exact) mass is 284 g/mol. The van der Waals surface area contributed by atoms with Gasteiger partial charge in [-0.25, -0.2) is 0 Å². The molecule has 0 unspecified atom stereocenters. The summed E-state index contributed by atoms with van der Waals surface area (Å²) >= 11 is 0. The van der Waals surface area contributed by atoms with E-state index < -0.39 is 0 Å². The number of ether oxygens (including phenoxy) is 1. The summed E-state index contributed by atoms with van der Waals surface area (Å²) in [5, 5.41) is 0. The van der Waals surface area contributed by atoms with Crippen molar-refractivity contribution >= 4 is 0 Å². The number of benzene rings is 1. The van der Waals surface area contributed by atoms with E-state index in [1.807, 2.05) is 58.1 Å². The predicted octanol–water partition coefficient (Wildman–Crippen LogP) is 5.87. The lowest BCUT2D eigenvalue weighted by molar-refractivity contribution is 0.442. The average Bonchev–Trinajstić information content (AvgIpc) is 2.46. The molecule has 0 aliphatic carbocycles. The molecule has 1 aromatic rings. The molecule has 0 spiro atoms. The van der Waals surface area contributed by atoms with Gasteiger partial charge in [-0.05, 0) is 63.0 Å². The Balaban J connectivity index is 0.000000885. The van der Waals surface area contributed by atoms with Crippen LogP contribution >= 0.6 is 0 Å². The van der Waals surface area contributed by atoms with Gasteiger partial charge >= 0.3 is 0 Å². The first-order valence-electron chi connectivity index (χ1n) is 7.29. The van der Waals surface area contributed by atoms with Crippen molar-refractivity contribution in [3.63, 3.8) is 0 Å². The molecule has 0 radical (unpaired) electrons. The molecule has 0 N–H and O–H groups in total. The van der Waals surface area contributed by atoms with Gasteiger partial charge in [0.15, 0.2) is 0 Å². The van der Waals surface area contributed by atoms with Crippen molar-refractivity contribution < 1.29 is 4.74 Å². The van der Waals surface area contributed by atoms with Crippen molar-refractivity contribution in [1.82, 2.24) is 0 Å². The highest BCUT2D eigenvalue weighted by Crippen LogP contribution is 2.25. The maximum atomic E-state index is 5.75. The normalized spacial score (nSPS) is 11.3. The topological polar surface area (TPSA) is 9.23 Å². The summed E-state index contributed by atoms with van der Waals surface area (Å²) in [4.78, 5) is 0. The molecule has 0 saturated carbocycles. The fourth-order valence-electron chi connectivity index (χ4n) is 1.51. The summed E-state index contributed by atoms with van der Waals surface area (Å²) < 4.78 is 5.75. The molecular formula is C20H28O. The van der Waals surface area contributed by atoms with Gasteiger partial charge in [-0.3, -0.25) is 0 Å².